The molecule has 19 nitrogen and oxygen atoms in total. The third-order valence-electron chi connectivity index (χ3n) is 14.2. The maximum absolute atomic E-state index is 15.9. The fourth-order valence-electron chi connectivity index (χ4n) is 10.3. The number of halogens is 2. The van der Waals surface area contributed by atoms with Crippen molar-refractivity contribution in [3.63, 3.8) is 0 Å². The number of aryl methyl sites for hydroxylation is 1. The van der Waals surface area contributed by atoms with E-state index in [2.05, 4.69) is 44.6 Å². The van der Waals surface area contributed by atoms with E-state index in [1.165, 1.54) is 23.7 Å². The minimum atomic E-state index is -0.602. The van der Waals surface area contributed by atoms with Crippen LogP contribution in [0.5, 0.6) is 17.5 Å². The van der Waals surface area contributed by atoms with Crippen molar-refractivity contribution in [3.8, 4) is 39.1 Å². The monoisotopic (exact) mass is 1150 g/mol. The summed E-state index contributed by atoms with van der Waals surface area (Å²) in [7, 11) is 1.00. The van der Waals surface area contributed by atoms with Crippen molar-refractivity contribution < 1.29 is 38.0 Å². The van der Waals surface area contributed by atoms with Crippen LogP contribution in [-0.2, 0) is 27.5 Å². The van der Waals surface area contributed by atoms with E-state index < -0.39 is 11.9 Å². The standard InChI is InChI=1S/C53H56ClFN12O6S.C3H8.C2H6.CH4O/c1-29-38(55)20-40-37(23-61-64-40)43(29)44-46(54)48-45-47(62-53(73-36-13-18-70-19-14-36)63-51(45)66-17-15-58-22-35(66)27-72-48)49(44)71-26-32-7-9-33(10-8-32)39(56)24-65(57)25-42(68)67-16-3-4-41(67)52(69)59-21-31-5-11-34(12-6-31)50-30(2)60-28-74-50;1-3-2;2*1-2/h5-12,20,23-24,28,35-36,41,58H,3-4,13-19,21-22,25-27,56-57H2,1-2H3,(H,59,69)(H,61,64);3H2,1-2H3;1-2H3;2H,1H3/b39-24-;;;. The van der Waals surface area contributed by atoms with E-state index >= 15 is 4.39 Å². The third kappa shape index (κ3) is 13.5. The van der Waals surface area contributed by atoms with Crippen molar-refractivity contribution in [3.05, 3.63) is 111 Å². The molecule has 2 atom stereocenters. The molecule has 0 radical (unpaired) electrons. The molecule has 4 aliphatic heterocycles. The fourth-order valence-corrected chi connectivity index (χ4v) is 11.4. The average molecular weight is 1150 g/mol. The van der Waals surface area contributed by atoms with Gasteiger partial charge in [-0.2, -0.15) is 15.1 Å². The third-order valence-corrected chi connectivity index (χ3v) is 15.6. The summed E-state index contributed by atoms with van der Waals surface area (Å²) in [6, 6.07) is 16.3. The molecule has 2 unspecified atom stereocenters. The maximum Gasteiger partial charge on any atom is 0.319 e. The molecule has 4 aromatic carbocycles. The van der Waals surface area contributed by atoms with Crippen molar-refractivity contribution in [1.29, 1.82) is 0 Å². The van der Waals surface area contributed by atoms with Gasteiger partial charge in [0.1, 0.15) is 49.1 Å². The predicted molar refractivity (Wildman–Crippen MR) is 316 cm³/mol. The van der Waals surface area contributed by atoms with Gasteiger partial charge in [0, 0.05) is 75.4 Å². The SMILES string of the molecule is CC.CCC.CO.Cc1ncsc1-c1ccc(CNC(=O)C2CCCN2C(=O)CN(N)/C=C(\N)c2ccc(COc3c(-c4c(C)c(F)cc5[nH]ncc45)c(Cl)c4c5c(nc(OC6CCOCC6)nc35)N3CCNCC3CO4)cc2)cc1. The normalized spacial score (nSPS) is 16.9. The molecule has 432 valence electrons. The summed E-state index contributed by atoms with van der Waals surface area (Å²) in [6.45, 7) is 16.0. The summed E-state index contributed by atoms with van der Waals surface area (Å²) in [4.78, 5) is 46.4. The molecule has 4 aliphatic rings. The highest BCUT2D eigenvalue weighted by molar-refractivity contribution is 7.13. The predicted octanol–water partition coefficient (Wildman–Crippen LogP) is 8.80. The number of rotatable bonds is 14. The van der Waals surface area contributed by atoms with E-state index in [0.717, 1.165) is 40.9 Å². The molecule has 81 heavy (non-hydrogen) atoms. The number of aliphatic hydroxyl groups is 1. The van der Waals surface area contributed by atoms with Crippen LogP contribution in [0.1, 0.15) is 87.7 Å². The van der Waals surface area contributed by atoms with Crippen LogP contribution >= 0.6 is 22.9 Å². The van der Waals surface area contributed by atoms with Crippen LogP contribution in [0.4, 0.5) is 10.2 Å². The summed E-state index contributed by atoms with van der Waals surface area (Å²) in [6.07, 6.45) is 6.85. The number of fused-ring (bicyclic) bond motifs is 3. The van der Waals surface area contributed by atoms with Crippen LogP contribution in [0.15, 0.2) is 72.5 Å². The number of aromatic nitrogens is 5. The van der Waals surface area contributed by atoms with Gasteiger partial charge in [-0.1, -0.05) is 94.2 Å². The molecule has 0 saturated carbocycles. The van der Waals surface area contributed by atoms with Crippen molar-refractivity contribution in [2.75, 3.05) is 64.6 Å². The Morgan fingerprint density at radius 1 is 1.02 bits per heavy atom. The number of benzene rings is 4. The van der Waals surface area contributed by atoms with Gasteiger partial charge in [0.2, 0.25) is 11.8 Å². The van der Waals surface area contributed by atoms with Gasteiger partial charge in [-0.15, -0.1) is 11.3 Å². The zero-order valence-electron chi connectivity index (χ0n) is 47.1. The molecule has 8 N–H and O–H groups in total. The number of amides is 2. The minimum absolute atomic E-state index is 0.0405. The van der Waals surface area contributed by atoms with Crippen LogP contribution in [0, 0.1) is 19.7 Å². The number of ether oxygens (including phenoxy) is 4. The molecule has 22 heteroatoms. The zero-order valence-corrected chi connectivity index (χ0v) is 48.7. The Bertz CT molecular complexity index is 3300. The molecule has 0 aliphatic carbocycles. The second-order valence-electron chi connectivity index (χ2n) is 19.8. The number of nitrogens with two attached hydrogens (primary N) is 2. The molecule has 3 saturated heterocycles. The molecular formula is C59H74ClFN12O7S. The van der Waals surface area contributed by atoms with Gasteiger partial charge in [-0.3, -0.25) is 14.7 Å². The summed E-state index contributed by atoms with van der Waals surface area (Å²) in [5.41, 5.74) is 15.2. The Balaban J connectivity index is 0.00000118. The number of carbonyl (C=O) groups excluding carboxylic acids is 2. The second-order valence-corrected chi connectivity index (χ2v) is 21.0. The number of aliphatic hydroxyl groups excluding tert-OH is 1. The lowest BCUT2D eigenvalue weighted by molar-refractivity contribution is -0.139. The Morgan fingerprint density at radius 2 is 1.75 bits per heavy atom. The molecule has 7 heterocycles. The number of hydrogen-bond acceptors (Lipinski definition) is 17. The first-order valence-corrected chi connectivity index (χ1v) is 28.9. The fraction of sp³-hybridized carbons (Fsp3) is 0.424. The van der Waals surface area contributed by atoms with Gasteiger partial charge in [0.05, 0.1) is 63.2 Å². The summed E-state index contributed by atoms with van der Waals surface area (Å²) in [5, 5.41) is 23.3. The Morgan fingerprint density at radius 3 is 2.47 bits per heavy atom. The number of carbonyl (C=O) groups is 2. The number of aromatic amines is 1. The molecule has 3 aromatic heterocycles. The molecule has 0 bridgehead atoms. The quantitative estimate of drug-likeness (QED) is 0.0440. The Labute approximate surface area is 481 Å². The number of thiazole rings is 1. The van der Waals surface area contributed by atoms with E-state index in [4.69, 9.17) is 57.2 Å². The van der Waals surface area contributed by atoms with E-state index in [1.807, 2.05) is 74.8 Å². The van der Waals surface area contributed by atoms with Crippen LogP contribution in [0.25, 0.3) is 49.1 Å². The smallest absolute Gasteiger partial charge is 0.319 e. The highest BCUT2D eigenvalue weighted by Crippen LogP contribution is 2.54. The van der Waals surface area contributed by atoms with Crippen molar-refractivity contribution >= 4 is 68.1 Å². The molecular weight excluding hydrogens is 1080 g/mol. The number of likely N-dealkylation sites (tertiary alicyclic amines) is 1. The largest absolute Gasteiger partial charge is 0.489 e. The molecule has 3 fully saturated rings. The Kier molecular flexibility index (Phi) is 20.8. The number of nitrogens with zero attached hydrogens (tertiary/aromatic N) is 7. The summed E-state index contributed by atoms with van der Waals surface area (Å²) < 4.78 is 41.6. The highest BCUT2D eigenvalue weighted by Gasteiger charge is 2.37. The van der Waals surface area contributed by atoms with E-state index in [0.29, 0.717) is 139 Å². The number of piperazine rings is 1. The Hall–Kier alpha value is -7.14. The number of hydrogen-bond donors (Lipinski definition) is 6. The van der Waals surface area contributed by atoms with Gasteiger partial charge in [0.15, 0.2) is 11.5 Å². The molecule has 7 aromatic rings. The van der Waals surface area contributed by atoms with Crippen LogP contribution in [0.2, 0.25) is 5.02 Å². The van der Waals surface area contributed by atoms with Crippen molar-refractivity contribution in [2.24, 2.45) is 11.6 Å². The van der Waals surface area contributed by atoms with E-state index in [1.54, 1.807) is 29.4 Å². The zero-order chi connectivity index (χ0) is 57.7. The lowest BCUT2D eigenvalue weighted by Gasteiger charge is -2.35. The first-order chi connectivity index (χ1) is 39.4. The molecule has 2 amide bonds. The van der Waals surface area contributed by atoms with Crippen LogP contribution < -0.4 is 41.3 Å². The maximum atomic E-state index is 15.9. The van der Waals surface area contributed by atoms with Gasteiger partial charge in [-0.25, -0.2) is 15.2 Å². The topological polar surface area (TPSA) is 244 Å². The average Bonchev–Trinajstić information content (AvgIpc) is 3.43. The van der Waals surface area contributed by atoms with E-state index in [-0.39, 0.29) is 48.1 Å². The van der Waals surface area contributed by atoms with Crippen molar-refractivity contribution in [1.82, 2.24) is 45.7 Å². The minimum Gasteiger partial charge on any atom is -0.489 e. The van der Waals surface area contributed by atoms with Gasteiger partial charge in [-0.05, 0) is 60.6 Å². The van der Waals surface area contributed by atoms with Crippen LogP contribution in [-0.4, -0.2) is 130 Å². The lowest BCUT2D eigenvalue weighted by atomic mass is 9.93. The summed E-state index contributed by atoms with van der Waals surface area (Å²) in [5.74, 6) is 6.70. The molecule has 11 rings (SSSR count). The van der Waals surface area contributed by atoms with Crippen LogP contribution in [0.3, 0.4) is 0 Å². The van der Waals surface area contributed by atoms with E-state index in [9.17, 15) is 9.59 Å². The van der Waals surface area contributed by atoms with Crippen molar-refractivity contribution in [2.45, 2.75) is 105 Å². The number of hydrazine groups is 1. The number of nitrogens with one attached hydrogen (secondary N) is 3. The number of anilines is 1. The number of H-pyrrole nitrogens is 1. The van der Waals surface area contributed by atoms with Gasteiger partial charge >= 0.3 is 6.01 Å². The van der Waals surface area contributed by atoms with Gasteiger partial charge < -0.3 is 55.2 Å². The first kappa shape index (κ1) is 60.0. The van der Waals surface area contributed by atoms with Gasteiger partial charge in [0.25, 0.3) is 0 Å². The first-order valence-electron chi connectivity index (χ1n) is 27.7. The lowest BCUT2D eigenvalue weighted by Crippen LogP contribution is -2.53. The molecule has 0 spiro atoms. The summed E-state index contributed by atoms with van der Waals surface area (Å²) >= 11 is 9.13. The second kappa shape index (κ2) is 28.0. The highest BCUT2D eigenvalue weighted by atomic mass is 35.5.